The molecule has 0 unspecified atom stereocenters. The summed E-state index contributed by atoms with van der Waals surface area (Å²) in [5.74, 6) is 2.02. The van der Waals surface area contributed by atoms with E-state index in [1.165, 1.54) is 18.7 Å². The first kappa shape index (κ1) is 23.4. The Morgan fingerprint density at radius 3 is 2.42 bits per heavy atom. The molecule has 1 heterocycles. The Morgan fingerprint density at radius 1 is 1.06 bits per heavy atom. The molecule has 1 N–H and O–H groups in total. The number of amides is 1. The number of hydrogen-bond acceptors (Lipinski definition) is 7. The highest BCUT2D eigenvalue weighted by Crippen LogP contribution is 2.29. The average molecular weight is 447 g/mol. The predicted molar refractivity (Wildman–Crippen MR) is 123 cm³/mol. The van der Waals surface area contributed by atoms with E-state index < -0.39 is 5.91 Å². The number of hydrogen-bond donors (Lipinski definition) is 1. The van der Waals surface area contributed by atoms with E-state index in [1.54, 1.807) is 31.2 Å². The highest BCUT2D eigenvalue weighted by molar-refractivity contribution is 6.09. The van der Waals surface area contributed by atoms with Gasteiger partial charge in [0.05, 0.1) is 7.11 Å². The second kappa shape index (κ2) is 10.9. The Labute approximate surface area is 192 Å². The molecule has 8 heteroatoms. The van der Waals surface area contributed by atoms with Crippen molar-refractivity contribution in [2.24, 2.45) is 0 Å². The summed E-state index contributed by atoms with van der Waals surface area (Å²) in [5.41, 5.74) is 2.77. The van der Waals surface area contributed by atoms with Gasteiger partial charge in [0.15, 0.2) is 17.3 Å². The number of rotatable bonds is 9. The summed E-state index contributed by atoms with van der Waals surface area (Å²) in [7, 11) is 1.52. The van der Waals surface area contributed by atoms with Crippen LogP contribution >= 0.6 is 0 Å². The van der Waals surface area contributed by atoms with Gasteiger partial charge in [-0.05, 0) is 56.2 Å². The lowest BCUT2D eigenvalue weighted by molar-refractivity contribution is -0.112. The minimum atomic E-state index is -0.589. The third kappa shape index (κ3) is 6.37. The van der Waals surface area contributed by atoms with Gasteiger partial charge in [-0.15, -0.1) is 0 Å². The Balaban J connectivity index is 1.63. The molecule has 170 valence electrons. The van der Waals surface area contributed by atoms with Gasteiger partial charge < -0.3 is 24.1 Å². The molecule has 0 fully saturated rings. The Hall–Kier alpha value is -4.25. The van der Waals surface area contributed by atoms with Crippen LogP contribution in [0.25, 0.3) is 6.08 Å². The molecule has 33 heavy (non-hydrogen) atoms. The highest BCUT2D eigenvalue weighted by Gasteiger charge is 2.13. The number of benzene rings is 2. The third-order valence-electron chi connectivity index (χ3n) is 4.66. The van der Waals surface area contributed by atoms with Crippen LogP contribution in [-0.2, 0) is 4.79 Å². The number of carbonyl (C=O) groups is 1. The molecule has 1 amide bonds. The Bertz CT molecular complexity index is 1210. The first-order chi connectivity index (χ1) is 15.9. The van der Waals surface area contributed by atoms with Crippen LogP contribution in [0.3, 0.4) is 0 Å². The van der Waals surface area contributed by atoms with Gasteiger partial charge in [-0.2, -0.15) is 5.26 Å². The summed E-state index contributed by atoms with van der Waals surface area (Å²) >= 11 is 0. The van der Waals surface area contributed by atoms with Gasteiger partial charge in [0, 0.05) is 6.07 Å². The van der Waals surface area contributed by atoms with Crippen molar-refractivity contribution < 1.29 is 23.5 Å². The molecule has 2 aromatic carbocycles. The fourth-order valence-corrected chi connectivity index (χ4v) is 3.08. The van der Waals surface area contributed by atoms with Crippen LogP contribution in [0.15, 0.2) is 52.6 Å². The zero-order valence-electron chi connectivity index (χ0n) is 19.0. The van der Waals surface area contributed by atoms with Crippen molar-refractivity contribution >= 4 is 17.8 Å². The topological polar surface area (TPSA) is 107 Å². The van der Waals surface area contributed by atoms with Gasteiger partial charge in [-0.25, -0.2) is 0 Å². The summed E-state index contributed by atoms with van der Waals surface area (Å²) in [6.07, 6.45) is 1.46. The van der Waals surface area contributed by atoms with Crippen LogP contribution < -0.4 is 19.5 Å². The van der Waals surface area contributed by atoms with Crippen LogP contribution in [-0.4, -0.2) is 31.4 Å². The lowest BCUT2D eigenvalue weighted by Crippen LogP contribution is -2.13. The van der Waals surface area contributed by atoms with Crippen molar-refractivity contribution in [2.75, 3.05) is 25.6 Å². The summed E-state index contributed by atoms with van der Waals surface area (Å²) in [6.45, 7) is 6.43. The SMILES string of the molecule is COc1cc(C=C(C#N)C(=O)Nc2cc(C)on2)ccc1OCCOc1ccc(C)cc1C. The predicted octanol–water partition coefficient (Wildman–Crippen LogP) is 4.61. The number of anilines is 1. The lowest BCUT2D eigenvalue weighted by atomic mass is 10.1. The number of aryl methyl sites for hydroxylation is 3. The lowest BCUT2D eigenvalue weighted by Gasteiger charge is -2.13. The molecule has 3 aromatic rings. The summed E-state index contributed by atoms with van der Waals surface area (Å²) in [4.78, 5) is 12.4. The van der Waals surface area contributed by atoms with Crippen molar-refractivity contribution in [1.29, 1.82) is 5.26 Å². The highest BCUT2D eigenvalue weighted by atomic mass is 16.5. The first-order valence-electron chi connectivity index (χ1n) is 10.3. The molecule has 1 aromatic heterocycles. The molecule has 0 radical (unpaired) electrons. The fraction of sp³-hybridized carbons (Fsp3) is 0.240. The van der Waals surface area contributed by atoms with Crippen molar-refractivity contribution in [3.63, 3.8) is 0 Å². The van der Waals surface area contributed by atoms with Crippen LogP contribution in [0.4, 0.5) is 5.82 Å². The van der Waals surface area contributed by atoms with Gasteiger partial charge in [-0.3, -0.25) is 4.79 Å². The molecule has 8 nitrogen and oxygen atoms in total. The van der Waals surface area contributed by atoms with Gasteiger partial charge in [-0.1, -0.05) is 28.9 Å². The molecule has 0 spiro atoms. The Kier molecular flexibility index (Phi) is 7.71. The number of carbonyl (C=O) groups excluding carboxylic acids is 1. The van der Waals surface area contributed by atoms with E-state index in [-0.39, 0.29) is 11.4 Å². The van der Waals surface area contributed by atoms with Crippen molar-refractivity contribution in [3.05, 3.63) is 70.5 Å². The number of nitriles is 1. The van der Waals surface area contributed by atoms with Crippen LogP contribution in [0, 0.1) is 32.1 Å². The van der Waals surface area contributed by atoms with Gasteiger partial charge >= 0.3 is 0 Å². The summed E-state index contributed by atoms with van der Waals surface area (Å²) in [5, 5.41) is 15.6. The maximum Gasteiger partial charge on any atom is 0.267 e. The van der Waals surface area contributed by atoms with E-state index in [4.69, 9.17) is 18.7 Å². The monoisotopic (exact) mass is 447 g/mol. The van der Waals surface area contributed by atoms with Crippen LogP contribution in [0.5, 0.6) is 17.2 Å². The van der Waals surface area contributed by atoms with Crippen LogP contribution in [0.1, 0.15) is 22.5 Å². The molecule has 0 aliphatic rings. The number of nitrogens with one attached hydrogen (secondary N) is 1. The average Bonchev–Trinajstić information content (AvgIpc) is 3.20. The standard InChI is InChI=1S/C25H25N3O5/c1-16-5-7-21(17(2)11-16)31-9-10-32-22-8-6-19(14-23(22)30-4)13-20(15-26)25(29)27-24-12-18(3)33-28-24/h5-8,11-14H,9-10H2,1-4H3,(H,27,28,29). The van der Waals surface area contributed by atoms with Crippen LogP contribution in [0.2, 0.25) is 0 Å². The van der Waals surface area contributed by atoms with E-state index in [1.807, 2.05) is 32.0 Å². The van der Waals surface area contributed by atoms with Gasteiger partial charge in [0.2, 0.25) is 0 Å². The molecular weight excluding hydrogens is 422 g/mol. The van der Waals surface area contributed by atoms with Crippen molar-refractivity contribution in [2.45, 2.75) is 20.8 Å². The van der Waals surface area contributed by atoms with E-state index in [0.717, 1.165) is 11.3 Å². The molecule has 0 aliphatic heterocycles. The molecule has 0 atom stereocenters. The molecule has 0 aliphatic carbocycles. The molecule has 0 saturated carbocycles. The third-order valence-corrected chi connectivity index (χ3v) is 4.66. The summed E-state index contributed by atoms with van der Waals surface area (Å²) < 4.78 is 21.9. The quantitative estimate of drug-likeness (QED) is 0.290. The smallest absolute Gasteiger partial charge is 0.267 e. The zero-order valence-corrected chi connectivity index (χ0v) is 19.0. The first-order valence-corrected chi connectivity index (χ1v) is 10.3. The molecule has 0 bridgehead atoms. The molecule has 3 rings (SSSR count). The largest absolute Gasteiger partial charge is 0.493 e. The maximum atomic E-state index is 12.4. The number of methoxy groups -OCH3 is 1. The summed E-state index contributed by atoms with van der Waals surface area (Å²) in [6, 6.07) is 14.6. The second-order valence-corrected chi connectivity index (χ2v) is 7.32. The molecule has 0 saturated heterocycles. The zero-order chi connectivity index (χ0) is 23.8. The fourth-order valence-electron chi connectivity index (χ4n) is 3.08. The number of aromatic nitrogens is 1. The molecular formula is C25H25N3O5. The second-order valence-electron chi connectivity index (χ2n) is 7.32. The normalized spacial score (nSPS) is 10.9. The number of ether oxygens (including phenoxy) is 3. The van der Waals surface area contributed by atoms with Crippen molar-refractivity contribution in [3.8, 4) is 23.3 Å². The van der Waals surface area contributed by atoms with Gasteiger partial charge in [0.1, 0.15) is 36.4 Å². The van der Waals surface area contributed by atoms with E-state index >= 15 is 0 Å². The minimum Gasteiger partial charge on any atom is -0.493 e. The van der Waals surface area contributed by atoms with E-state index in [9.17, 15) is 10.1 Å². The minimum absolute atomic E-state index is 0.0896. The van der Waals surface area contributed by atoms with E-state index in [2.05, 4.69) is 16.5 Å². The van der Waals surface area contributed by atoms with E-state index in [0.29, 0.717) is 36.0 Å². The number of nitrogens with zero attached hydrogens (tertiary/aromatic N) is 2. The van der Waals surface area contributed by atoms with Gasteiger partial charge in [0.25, 0.3) is 5.91 Å². The van der Waals surface area contributed by atoms with Crippen molar-refractivity contribution in [1.82, 2.24) is 5.16 Å². The maximum absolute atomic E-state index is 12.4. The Morgan fingerprint density at radius 2 is 1.79 bits per heavy atom.